The molecule has 0 spiro atoms. The van der Waals surface area contributed by atoms with Gasteiger partial charge < -0.3 is 111 Å². The maximum Gasteiger partial charge on any atom is 0.217 e. The van der Waals surface area contributed by atoms with Crippen LogP contribution in [0.1, 0.15) is 61.3 Å². The molecule has 15 unspecified atom stereocenters. The molecule has 14 N–H and O–H groups in total. The van der Waals surface area contributed by atoms with Gasteiger partial charge in [0.2, 0.25) is 18.5 Å². The Bertz CT molecular complexity index is 1240. The van der Waals surface area contributed by atoms with Gasteiger partial charge in [-0.25, -0.2) is 0 Å². The molecule has 2 rings (SSSR count). The summed E-state index contributed by atoms with van der Waals surface area (Å²) in [6.45, 7) is 10.3. The fourth-order valence-corrected chi connectivity index (χ4v) is 6.15. The van der Waals surface area contributed by atoms with E-state index >= 15 is 0 Å². The van der Waals surface area contributed by atoms with Gasteiger partial charge in [0, 0.05) is 44.2 Å². The molecule has 2 heterocycles. The van der Waals surface area contributed by atoms with Gasteiger partial charge in [-0.2, -0.15) is 0 Å². The molecule has 0 aliphatic carbocycles. The second kappa shape index (κ2) is 23.8. The van der Waals surface area contributed by atoms with E-state index in [0.717, 1.165) is 0 Å². The summed E-state index contributed by atoms with van der Waals surface area (Å²) in [7, 11) is 0. The lowest BCUT2D eigenvalue weighted by atomic mass is 9.88. The summed E-state index contributed by atoms with van der Waals surface area (Å²) in [5.74, 6) is -7.12. The van der Waals surface area contributed by atoms with Crippen LogP contribution in [0, 0.1) is 11.8 Å². The number of carboxylic acids is 3. The van der Waals surface area contributed by atoms with Crippen LogP contribution >= 0.6 is 0 Å². The van der Waals surface area contributed by atoms with E-state index in [0.29, 0.717) is 0 Å². The van der Waals surface area contributed by atoms with Crippen molar-refractivity contribution >= 4 is 23.8 Å². The molecule has 15 atom stereocenters. The molecular formula is C34H62N3O20-. The number of amides is 1. The molecule has 0 bridgehead atoms. The average molecular weight is 833 g/mol. The Balaban J connectivity index is 0.00000106. The standard InChI is InChI=1S/C28H55N3O13.C6H8O7/c1-11(2)16(8-32)23(14(6)35)42-28-20(31-15(7)36)22(38)25(18(10-34)41-28)44-27-19(30)21(37)24(17(9-33)40-27)43-26(13(5)29)39-12(3)4;7-3(8)1-6(13,5(11)12)2-4(9)10/h11-14,16-28,32-35,37-38H,8-10,29-30H2,1-7H3,(H,31,36);13H,1-2H2,(H,7,8)(H,9,10)(H,11,12)/p-1. The highest BCUT2D eigenvalue weighted by atomic mass is 16.7. The van der Waals surface area contributed by atoms with Gasteiger partial charge in [-0.05, 0) is 33.6 Å². The van der Waals surface area contributed by atoms with Crippen LogP contribution in [0.2, 0.25) is 0 Å². The molecule has 2 saturated heterocycles. The predicted molar refractivity (Wildman–Crippen MR) is 181 cm³/mol. The minimum Gasteiger partial charge on any atom is -0.550 e. The van der Waals surface area contributed by atoms with Crippen LogP contribution in [-0.2, 0) is 47.6 Å². The molecule has 2 fully saturated rings. The van der Waals surface area contributed by atoms with E-state index in [-0.39, 0.29) is 24.7 Å². The quantitative estimate of drug-likeness (QED) is 0.0480. The number of aliphatic hydroxyl groups is 7. The monoisotopic (exact) mass is 832 g/mol. The van der Waals surface area contributed by atoms with Crippen molar-refractivity contribution in [3.05, 3.63) is 0 Å². The van der Waals surface area contributed by atoms with Gasteiger partial charge in [-0.15, -0.1) is 0 Å². The highest BCUT2D eigenvalue weighted by molar-refractivity contribution is 5.86. The summed E-state index contributed by atoms with van der Waals surface area (Å²) in [5.41, 5.74) is 4.94. The predicted octanol–water partition coefficient (Wildman–Crippen LogP) is -9.81. The van der Waals surface area contributed by atoms with Crippen molar-refractivity contribution < 1.29 is 110 Å². The number of hydrogen-bond donors (Lipinski definition) is 10. The molecule has 0 aromatic heterocycles. The maximum atomic E-state index is 12.1. The molecular weight excluding hydrogens is 770 g/mol. The summed E-state index contributed by atoms with van der Waals surface area (Å²) in [6, 6.07) is -2.57. The van der Waals surface area contributed by atoms with Crippen molar-refractivity contribution in [3.8, 4) is 0 Å². The third-order valence-electron chi connectivity index (χ3n) is 9.17. The van der Waals surface area contributed by atoms with Gasteiger partial charge in [-0.1, -0.05) is 13.8 Å². The Labute approximate surface area is 329 Å². The molecule has 0 saturated carbocycles. The summed E-state index contributed by atoms with van der Waals surface area (Å²) >= 11 is 0. The Morgan fingerprint density at radius 1 is 0.842 bits per heavy atom. The first-order chi connectivity index (χ1) is 26.3. The number of rotatable bonds is 21. The zero-order valence-electron chi connectivity index (χ0n) is 33.2. The van der Waals surface area contributed by atoms with E-state index in [2.05, 4.69) is 16.8 Å². The summed E-state index contributed by atoms with van der Waals surface area (Å²) in [4.78, 5) is 42.1. The van der Waals surface area contributed by atoms with Crippen molar-refractivity contribution in [2.24, 2.45) is 11.8 Å². The third-order valence-corrected chi connectivity index (χ3v) is 9.17. The average Bonchev–Trinajstić information content (AvgIpc) is 3.08. The molecule has 23 nitrogen and oxygen atoms in total. The van der Waals surface area contributed by atoms with Gasteiger partial charge in [-0.3, -0.25) is 4.79 Å². The van der Waals surface area contributed by atoms with Crippen LogP contribution in [-0.4, -0.2) is 177 Å². The zero-order chi connectivity index (χ0) is 44.1. The molecule has 0 aromatic carbocycles. The van der Waals surface area contributed by atoms with Crippen molar-refractivity contribution in [1.82, 2.24) is 5.32 Å². The summed E-state index contributed by atoms with van der Waals surface area (Å²) in [6.07, 6.45) is -15.9. The minimum atomic E-state index is -2.97. The summed E-state index contributed by atoms with van der Waals surface area (Å²) in [5, 5.41) is 105. The first kappa shape index (κ1) is 52.3. The second-order valence-electron chi connectivity index (χ2n) is 14.9. The van der Waals surface area contributed by atoms with Crippen LogP contribution in [0.4, 0.5) is 0 Å². The number of nitrogens with one attached hydrogen (secondary N) is 1. The topological polar surface area (TPSA) is 402 Å². The first-order valence-electron chi connectivity index (χ1n) is 18.4. The highest BCUT2D eigenvalue weighted by Crippen LogP contribution is 2.32. The van der Waals surface area contributed by atoms with Gasteiger partial charge in [0.1, 0.15) is 54.3 Å². The van der Waals surface area contributed by atoms with Gasteiger partial charge in [0.15, 0.2) is 12.3 Å². The van der Waals surface area contributed by atoms with Gasteiger partial charge in [0.05, 0.1) is 37.5 Å². The number of quaternary nitrogens is 2. The Hall–Kier alpha value is -2.72. The van der Waals surface area contributed by atoms with Crippen LogP contribution < -0.4 is 32.1 Å². The smallest absolute Gasteiger partial charge is 0.217 e. The zero-order valence-corrected chi connectivity index (χ0v) is 33.2. The molecule has 0 radical (unpaired) electrons. The normalized spacial score (nSPS) is 30.7. The molecule has 1 amide bonds. The van der Waals surface area contributed by atoms with Crippen LogP contribution in [0.15, 0.2) is 0 Å². The van der Waals surface area contributed by atoms with Crippen molar-refractivity contribution in [2.45, 2.75) is 159 Å². The van der Waals surface area contributed by atoms with E-state index in [1.54, 1.807) is 6.92 Å². The lowest BCUT2D eigenvalue weighted by Crippen LogP contribution is -2.80. The van der Waals surface area contributed by atoms with E-state index in [1.807, 2.05) is 27.7 Å². The van der Waals surface area contributed by atoms with Gasteiger partial charge in [0.25, 0.3) is 0 Å². The van der Waals surface area contributed by atoms with Crippen molar-refractivity contribution in [2.75, 3.05) is 19.8 Å². The lowest BCUT2D eigenvalue weighted by molar-refractivity contribution is -0.516. The van der Waals surface area contributed by atoms with E-state index in [4.69, 9.17) is 33.5 Å². The van der Waals surface area contributed by atoms with Crippen LogP contribution in [0.3, 0.4) is 0 Å². The number of carboxylic acid groups (broad SMARTS) is 3. The Kier molecular flexibility index (Phi) is 21.8. The number of aliphatic hydroxyl groups excluding tert-OH is 6. The molecule has 2 aliphatic rings. The van der Waals surface area contributed by atoms with Crippen molar-refractivity contribution in [1.29, 1.82) is 0 Å². The fourth-order valence-electron chi connectivity index (χ4n) is 6.15. The number of carbonyl (C=O) groups is 4. The fraction of sp³-hybridized carbons (Fsp3) is 0.882. The Morgan fingerprint density at radius 2 is 1.35 bits per heavy atom. The second-order valence-corrected chi connectivity index (χ2v) is 14.9. The minimum absolute atomic E-state index is 0.0998. The number of hydrogen-bond acceptors (Lipinski definition) is 20. The van der Waals surface area contributed by atoms with E-state index in [1.165, 1.54) is 13.8 Å². The highest BCUT2D eigenvalue weighted by Gasteiger charge is 2.54. The van der Waals surface area contributed by atoms with E-state index < -0.39 is 141 Å². The summed E-state index contributed by atoms with van der Waals surface area (Å²) < 4.78 is 35.8. The number of ether oxygens (including phenoxy) is 6. The van der Waals surface area contributed by atoms with Gasteiger partial charge >= 0.3 is 0 Å². The van der Waals surface area contributed by atoms with Crippen LogP contribution in [0.25, 0.3) is 0 Å². The molecule has 57 heavy (non-hydrogen) atoms. The first-order valence-corrected chi connectivity index (χ1v) is 18.4. The molecule has 23 heteroatoms. The number of aliphatic carboxylic acids is 3. The van der Waals surface area contributed by atoms with Crippen molar-refractivity contribution in [3.63, 3.8) is 0 Å². The van der Waals surface area contributed by atoms with Crippen LogP contribution in [0.5, 0.6) is 0 Å². The number of carbonyl (C=O) groups excluding carboxylic acids is 4. The maximum absolute atomic E-state index is 12.1. The Morgan fingerprint density at radius 3 is 1.74 bits per heavy atom. The lowest BCUT2D eigenvalue weighted by Gasteiger charge is -2.48. The third kappa shape index (κ3) is 15.4. The SMILES string of the molecule is CC(=O)NC1C(OC(C(C)O)C(CO)C(C)C)OC(CO)C(OC2OC(CO)C(OC(OC(C)C)C(C)[NH3+])C(O)C2[NH3+])C1O.O=C([O-])CC(O)(CC(=O)[O-])C(=O)[O-]. The molecule has 2 aliphatic heterocycles. The molecule has 334 valence electrons. The van der Waals surface area contributed by atoms with E-state index in [9.17, 15) is 65.1 Å². The largest absolute Gasteiger partial charge is 0.550 e. The molecule has 0 aromatic rings.